The molecule has 0 aliphatic rings. The molecule has 90 valence electrons. The van der Waals surface area contributed by atoms with Crippen molar-refractivity contribution >= 4 is 28.6 Å². The van der Waals surface area contributed by atoms with Crippen molar-refractivity contribution in [2.24, 2.45) is 0 Å². The first-order valence-electron chi connectivity index (χ1n) is 5.51. The number of halogens is 1. The van der Waals surface area contributed by atoms with E-state index in [0.717, 1.165) is 22.0 Å². The Bertz CT molecular complexity index is 438. The smallest absolute Gasteiger partial charge is 0.338 e. The quantitative estimate of drug-likeness (QED) is 0.468. The molecule has 0 fully saturated rings. The van der Waals surface area contributed by atoms with Gasteiger partial charge in [-0.15, -0.1) is 0 Å². The maximum absolute atomic E-state index is 11.6. The Morgan fingerprint density at radius 1 is 1.53 bits per heavy atom. The van der Waals surface area contributed by atoms with E-state index in [2.05, 4.69) is 28.7 Å². The first kappa shape index (κ1) is 14.0. The second-order valence-electron chi connectivity index (χ2n) is 3.54. The molecule has 17 heavy (non-hydrogen) atoms. The maximum Gasteiger partial charge on any atom is 0.338 e. The molecule has 0 unspecified atom stereocenters. The second kappa shape index (κ2) is 7.28. The molecule has 0 heterocycles. The highest BCUT2D eigenvalue weighted by molar-refractivity contribution is 14.1. The molecule has 1 aromatic rings. The number of unbranched alkanes of at least 4 members (excludes halogenated alkanes) is 1. The van der Waals surface area contributed by atoms with Gasteiger partial charge in [0.25, 0.3) is 0 Å². The van der Waals surface area contributed by atoms with Crippen LogP contribution >= 0.6 is 22.6 Å². The van der Waals surface area contributed by atoms with Crippen LogP contribution in [0.2, 0.25) is 0 Å². The van der Waals surface area contributed by atoms with Gasteiger partial charge >= 0.3 is 5.97 Å². The number of carbonyl (C=O) groups is 1. The van der Waals surface area contributed by atoms with E-state index in [1.807, 2.05) is 12.1 Å². The van der Waals surface area contributed by atoms with Gasteiger partial charge in [-0.3, -0.25) is 0 Å². The van der Waals surface area contributed by atoms with Crippen LogP contribution < -0.4 is 0 Å². The molecule has 0 spiro atoms. The molecule has 0 radical (unpaired) electrons. The lowest BCUT2D eigenvalue weighted by Crippen LogP contribution is -2.05. The summed E-state index contributed by atoms with van der Waals surface area (Å²) in [7, 11) is 0. The number of esters is 1. The molecule has 1 aromatic carbocycles. The Kier molecular flexibility index (Phi) is 5.98. The predicted molar refractivity (Wildman–Crippen MR) is 73.7 cm³/mol. The summed E-state index contributed by atoms with van der Waals surface area (Å²) in [6.45, 7) is 2.17. The molecule has 3 nitrogen and oxygen atoms in total. The summed E-state index contributed by atoms with van der Waals surface area (Å²) in [6.07, 6.45) is 2.18. The standard InChI is InChI=1S/C13H14INO2/c1-2-17-13(16)11-6-7-12(14)10(9-11)5-3-4-8-15/h6-7,9H,2-5H2,1H3. The molecule has 0 N–H and O–H groups in total. The number of aryl methyl sites for hydroxylation is 1. The minimum Gasteiger partial charge on any atom is -0.462 e. The van der Waals surface area contributed by atoms with E-state index >= 15 is 0 Å². The molecule has 0 saturated heterocycles. The molecule has 0 aromatic heterocycles. The number of carbonyl (C=O) groups excluding carboxylic acids is 1. The zero-order chi connectivity index (χ0) is 12.7. The summed E-state index contributed by atoms with van der Waals surface area (Å²) in [4.78, 5) is 11.6. The normalized spacial score (nSPS) is 9.71. The van der Waals surface area contributed by atoms with Crippen molar-refractivity contribution < 1.29 is 9.53 Å². The van der Waals surface area contributed by atoms with Gasteiger partial charge < -0.3 is 4.74 Å². The van der Waals surface area contributed by atoms with Crippen molar-refractivity contribution in [3.05, 3.63) is 32.9 Å². The van der Waals surface area contributed by atoms with E-state index in [9.17, 15) is 4.79 Å². The van der Waals surface area contributed by atoms with E-state index in [0.29, 0.717) is 18.6 Å². The number of nitriles is 1. The Labute approximate surface area is 115 Å². The maximum atomic E-state index is 11.6. The van der Waals surface area contributed by atoms with Crippen molar-refractivity contribution in [2.75, 3.05) is 6.61 Å². The molecule has 1 rings (SSSR count). The van der Waals surface area contributed by atoms with E-state index in [-0.39, 0.29) is 5.97 Å². The Morgan fingerprint density at radius 2 is 2.29 bits per heavy atom. The third kappa shape index (κ3) is 4.35. The highest BCUT2D eigenvalue weighted by atomic mass is 127. The fourth-order valence-corrected chi connectivity index (χ4v) is 2.07. The van der Waals surface area contributed by atoms with Crippen LogP contribution in [0.4, 0.5) is 0 Å². The van der Waals surface area contributed by atoms with Crippen molar-refractivity contribution in [3.63, 3.8) is 0 Å². The molecule has 0 bridgehead atoms. The van der Waals surface area contributed by atoms with Gasteiger partial charge in [0.15, 0.2) is 0 Å². The lowest BCUT2D eigenvalue weighted by Gasteiger charge is -2.06. The molecular formula is C13H14INO2. The van der Waals surface area contributed by atoms with E-state index in [1.54, 1.807) is 13.0 Å². The molecule has 4 heteroatoms. The van der Waals surface area contributed by atoms with Crippen LogP contribution in [0.15, 0.2) is 18.2 Å². The predicted octanol–water partition coefficient (Wildman–Crippen LogP) is 3.31. The van der Waals surface area contributed by atoms with Crippen LogP contribution in [-0.4, -0.2) is 12.6 Å². The summed E-state index contributed by atoms with van der Waals surface area (Å²) >= 11 is 2.24. The summed E-state index contributed by atoms with van der Waals surface area (Å²) in [5.41, 5.74) is 1.69. The lowest BCUT2D eigenvalue weighted by molar-refractivity contribution is 0.0526. The van der Waals surface area contributed by atoms with Gasteiger partial charge in [-0.05, 0) is 66.1 Å². The molecule has 0 aliphatic heterocycles. The van der Waals surface area contributed by atoms with E-state index in [1.165, 1.54) is 0 Å². The first-order chi connectivity index (χ1) is 8.19. The molecule has 0 amide bonds. The SMILES string of the molecule is CCOC(=O)c1ccc(I)c(CCCC#N)c1. The van der Waals surface area contributed by atoms with Gasteiger partial charge in [-0.1, -0.05) is 0 Å². The fourth-order valence-electron chi connectivity index (χ4n) is 1.47. The van der Waals surface area contributed by atoms with Gasteiger partial charge in [-0.2, -0.15) is 5.26 Å². The van der Waals surface area contributed by atoms with Crippen molar-refractivity contribution in [3.8, 4) is 6.07 Å². The minimum atomic E-state index is -0.287. The highest BCUT2D eigenvalue weighted by Crippen LogP contribution is 2.17. The number of benzene rings is 1. The summed E-state index contributed by atoms with van der Waals surface area (Å²) in [6, 6.07) is 7.66. The van der Waals surface area contributed by atoms with Gasteiger partial charge in [0.2, 0.25) is 0 Å². The van der Waals surface area contributed by atoms with Gasteiger partial charge in [0.05, 0.1) is 18.2 Å². The average molecular weight is 343 g/mol. The van der Waals surface area contributed by atoms with Crippen molar-refractivity contribution in [1.82, 2.24) is 0 Å². The van der Waals surface area contributed by atoms with Gasteiger partial charge in [0, 0.05) is 9.99 Å². The van der Waals surface area contributed by atoms with Crippen LogP contribution in [0.5, 0.6) is 0 Å². The zero-order valence-electron chi connectivity index (χ0n) is 9.70. The number of ether oxygens (including phenoxy) is 1. The van der Waals surface area contributed by atoms with Crippen LogP contribution in [0.1, 0.15) is 35.7 Å². The molecular weight excluding hydrogens is 329 g/mol. The number of nitrogens with zero attached hydrogens (tertiary/aromatic N) is 1. The number of hydrogen-bond acceptors (Lipinski definition) is 3. The topological polar surface area (TPSA) is 50.1 Å². The molecule has 0 atom stereocenters. The average Bonchev–Trinajstić information content (AvgIpc) is 2.32. The molecule has 0 aliphatic carbocycles. The van der Waals surface area contributed by atoms with Crippen molar-refractivity contribution in [2.45, 2.75) is 26.2 Å². The minimum absolute atomic E-state index is 0.287. The Morgan fingerprint density at radius 3 is 2.94 bits per heavy atom. The fraction of sp³-hybridized carbons (Fsp3) is 0.385. The lowest BCUT2D eigenvalue weighted by atomic mass is 10.1. The third-order valence-electron chi connectivity index (χ3n) is 2.29. The van der Waals surface area contributed by atoms with E-state index in [4.69, 9.17) is 10.00 Å². The largest absolute Gasteiger partial charge is 0.462 e. The van der Waals surface area contributed by atoms with E-state index < -0.39 is 0 Å². The van der Waals surface area contributed by atoms with Gasteiger partial charge in [-0.25, -0.2) is 4.79 Å². The van der Waals surface area contributed by atoms with Crippen LogP contribution in [0.25, 0.3) is 0 Å². The van der Waals surface area contributed by atoms with Crippen molar-refractivity contribution in [1.29, 1.82) is 5.26 Å². The summed E-state index contributed by atoms with van der Waals surface area (Å²) < 4.78 is 6.07. The molecule has 0 saturated carbocycles. The van der Waals surface area contributed by atoms with Crippen LogP contribution in [-0.2, 0) is 11.2 Å². The Hall–Kier alpha value is -1.09. The summed E-state index contributed by atoms with van der Waals surface area (Å²) in [5, 5.41) is 8.50. The van der Waals surface area contributed by atoms with Crippen LogP contribution in [0, 0.1) is 14.9 Å². The summed E-state index contributed by atoms with van der Waals surface area (Å²) in [5.74, 6) is -0.287. The number of rotatable bonds is 5. The highest BCUT2D eigenvalue weighted by Gasteiger charge is 2.09. The van der Waals surface area contributed by atoms with Crippen LogP contribution in [0.3, 0.4) is 0 Å². The third-order valence-corrected chi connectivity index (χ3v) is 3.34. The second-order valence-corrected chi connectivity index (χ2v) is 4.70. The number of hydrogen-bond donors (Lipinski definition) is 0. The zero-order valence-corrected chi connectivity index (χ0v) is 11.9. The monoisotopic (exact) mass is 343 g/mol. The first-order valence-corrected chi connectivity index (χ1v) is 6.59. The van der Waals surface area contributed by atoms with Gasteiger partial charge in [0.1, 0.15) is 0 Å². The Balaban J connectivity index is 2.79.